The SMILES string of the molecule is O=c1c(N=Nc2ccccc2)c([O-])/c1=N/Nc1ccccc1. The van der Waals surface area contributed by atoms with Crippen LogP contribution in [0.3, 0.4) is 0 Å². The molecule has 0 heterocycles. The van der Waals surface area contributed by atoms with Crippen molar-refractivity contribution in [1.82, 2.24) is 0 Å². The number of benzene rings is 2. The summed E-state index contributed by atoms with van der Waals surface area (Å²) in [6, 6.07) is 17.9. The van der Waals surface area contributed by atoms with Gasteiger partial charge in [0.1, 0.15) is 11.0 Å². The lowest BCUT2D eigenvalue weighted by atomic mass is 10.2. The minimum atomic E-state index is -0.506. The maximum Gasteiger partial charge on any atom is 0.232 e. The van der Waals surface area contributed by atoms with Gasteiger partial charge in [0.25, 0.3) is 0 Å². The van der Waals surface area contributed by atoms with Crippen molar-refractivity contribution in [3.63, 3.8) is 0 Å². The van der Waals surface area contributed by atoms with E-state index >= 15 is 0 Å². The van der Waals surface area contributed by atoms with Crippen molar-refractivity contribution in [2.24, 2.45) is 15.3 Å². The van der Waals surface area contributed by atoms with Crippen LogP contribution in [0.15, 0.2) is 80.8 Å². The first-order valence-electron chi connectivity index (χ1n) is 6.57. The molecular weight excluding hydrogens is 280 g/mol. The molecule has 0 atom stereocenters. The molecule has 6 heteroatoms. The molecule has 0 aliphatic heterocycles. The first-order valence-corrected chi connectivity index (χ1v) is 6.57. The zero-order chi connectivity index (χ0) is 15.4. The van der Waals surface area contributed by atoms with Gasteiger partial charge in [-0.15, -0.1) is 5.11 Å². The molecule has 0 spiro atoms. The Labute approximate surface area is 125 Å². The minimum Gasteiger partial charge on any atom is -0.869 e. The lowest BCUT2D eigenvalue weighted by molar-refractivity contribution is -0.270. The number of hydrogen-bond donors (Lipinski definition) is 1. The van der Waals surface area contributed by atoms with Gasteiger partial charge in [0.2, 0.25) is 5.43 Å². The highest BCUT2D eigenvalue weighted by Crippen LogP contribution is 2.20. The van der Waals surface area contributed by atoms with E-state index in [1.807, 2.05) is 24.3 Å². The Hall–Kier alpha value is -3.28. The molecule has 22 heavy (non-hydrogen) atoms. The van der Waals surface area contributed by atoms with Gasteiger partial charge >= 0.3 is 0 Å². The third-order valence-corrected chi connectivity index (χ3v) is 2.95. The van der Waals surface area contributed by atoms with Crippen LogP contribution < -0.4 is 21.3 Å². The van der Waals surface area contributed by atoms with E-state index in [2.05, 4.69) is 20.8 Å². The highest BCUT2D eigenvalue weighted by Gasteiger charge is 2.11. The number of azo groups is 1. The number of rotatable bonds is 4. The van der Waals surface area contributed by atoms with E-state index in [0.29, 0.717) is 11.4 Å². The Bertz CT molecular complexity index is 880. The van der Waals surface area contributed by atoms with E-state index in [1.54, 1.807) is 36.4 Å². The summed E-state index contributed by atoms with van der Waals surface area (Å²) in [5.74, 6) is -0.506. The van der Waals surface area contributed by atoms with Crippen LogP contribution in [-0.2, 0) is 0 Å². The molecule has 0 aliphatic rings. The lowest BCUT2D eigenvalue weighted by Gasteiger charge is -2.12. The van der Waals surface area contributed by atoms with Crippen molar-refractivity contribution in [2.45, 2.75) is 0 Å². The molecule has 3 aromatic carbocycles. The summed E-state index contributed by atoms with van der Waals surface area (Å²) < 4.78 is 0. The summed E-state index contributed by atoms with van der Waals surface area (Å²) in [5, 5.41) is 23.0. The van der Waals surface area contributed by atoms with Crippen LogP contribution in [0.25, 0.3) is 0 Å². The fourth-order valence-electron chi connectivity index (χ4n) is 1.80. The topological polar surface area (TPSA) is 89.2 Å². The third-order valence-electron chi connectivity index (χ3n) is 2.95. The quantitative estimate of drug-likeness (QED) is 0.591. The Balaban J connectivity index is 1.80. The Kier molecular flexibility index (Phi) is 3.74. The van der Waals surface area contributed by atoms with Crippen LogP contribution in [-0.4, -0.2) is 0 Å². The third kappa shape index (κ3) is 2.76. The van der Waals surface area contributed by atoms with Gasteiger partial charge in [-0.25, -0.2) is 0 Å². The predicted molar refractivity (Wildman–Crippen MR) is 80.8 cm³/mol. The van der Waals surface area contributed by atoms with Gasteiger partial charge in [-0.2, -0.15) is 10.2 Å². The summed E-state index contributed by atoms with van der Waals surface area (Å²) in [6.45, 7) is 0. The van der Waals surface area contributed by atoms with Crippen LogP contribution in [0, 0.1) is 0 Å². The molecule has 3 aromatic rings. The first kappa shape index (κ1) is 13.7. The second kappa shape index (κ2) is 6.01. The van der Waals surface area contributed by atoms with Gasteiger partial charge in [0.15, 0.2) is 0 Å². The average Bonchev–Trinajstić information content (AvgIpc) is 2.57. The van der Waals surface area contributed by atoms with Gasteiger partial charge in [-0.1, -0.05) is 36.4 Å². The van der Waals surface area contributed by atoms with Crippen molar-refractivity contribution < 1.29 is 5.11 Å². The summed E-state index contributed by atoms with van der Waals surface area (Å²) in [4.78, 5) is 11.8. The predicted octanol–water partition coefficient (Wildman–Crippen LogP) is 2.34. The van der Waals surface area contributed by atoms with Crippen LogP contribution in [0.5, 0.6) is 5.75 Å². The molecule has 3 rings (SSSR count). The average molecular weight is 291 g/mol. The largest absolute Gasteiger partial charge is 0.869 e. The highest BCUT2D eigenvalue weighted by atomic mass is 16.3. The molecule has 0 bridgehead atoms. The normalized spacial score (nSPS) is 12.1. The maximum atomic E-state index is 11.8. The number of anilines is 1. The van der Waals surface area contributed by atoms with Gasteiger partial charge in [-0.3, -0.25) is 10.2 Å². The van der Waals surface area contributed by atoms with E-state index in [1.165, 1.54) is 0 Å². The van der Waals surface area contributed by atoms with Gasteiger partial charge in [0, 0.05) is 0 Å². The van der Waals surface area contributed by atoms with Gasteiger partial charge in [0.05, 0.1) is 11.4 Å². The molecule has 108 valence electrons. The fraction of sp³-hybridized carbons (Fsp3) is 0. The molecule has 0 unspecified atom stereocenters. The van der Waals surface area contributed by atoms with Crippen molar-refractivity contribution in [1.29, 1.82) is 0 Å². The van der Waals surface area contributed by atoms with E-state index in [4.69, 9.17) is 0 Å². The molecule has 1 N–H and O–H groups in total. The van der Waals surface area contributed by atoms with E-state index < -0.39 is 11.2 Å². The van der Waals surface area contributed by atoms with Gasteiger partial charge < -0.3 is 5.11 Å². The summed E-state index contributed by atoms with van der Waals surface area (Å²) in [7, 11) is 0. The number of para-hydroxylation sites is 1. The summed E-state index contributed by atoms with van der Waals surface area (Å²) >= 11 is 0. The van der Waals surface area contributed by atoms with E-state index in [9.17, 15) is 9.90 Å². The molecule has 0 radical (unpaired) electrons. The Morgan fingerprint density at radius 1 is 0.864 bits per heavy atom. The molecule has 0 amide bonds. The first-order chi connectivity index (χ1) is 10.8. The molecule has 0 aromatic heterocycles. The second-order valence-corrected chi connectivity index (χ2v) is 4.48. The zero-order valence-electron chi connectivity index (χ0n) is 11.4. The Morgan fingerprint density at radius 3 is 2.14 bits per heavy atom. The lowest BCUT2D eigenvalue weighted by Crippen LogP contribution is -2.35. The molecule has 6 nitrogen and oxygen atoms in total. The molecular formula is C16H11N4O2-. The van der Waals surface area contributed by atoms with Crippen LogP contribution >= 0.6 is 0 Å². The Morgan fingerprint density at radius 2 is 1.50 bits per heavy atom. The van der Waals surface area contributed by atoms with Crippen LogP contribution in [0.2, 0.25) is 0 Å². The second-order valence-electron chi connectivity index (χ2n) is 4.48. The summed E-state index contributed by atoms with van der Waals surface area (Å²) in [5.41, 5.74) is 3.22. The van der Waals surface area contributed by atoms with Crippen molar-refractivity contribution in [2.75, 3.05) is 5.43 Å². The maximum absolute atomic E-state index is 11.8. The minimum absolute atomic E-state index is 0.161. The molecule has 0 aliphatic carbocycles. The van der Waals surface area contributed by atoms with E-state index in [0.717, 1.165) is 0 Å². The highest BCUT2D eigenvalue weighted by molar-refractivity contribution is 5.55. The fourth-order valence-corrected chi connectivity index (χ4v) is 1.80. The van der Waals surface area contributed by atoms with Crippen LogP contribution in [0.1, 0.15) is 0 Å². The number of hydrogen-bond acceptors (Lipinski definition) is 6. The molecule has 0 saturated carbocycles. The van der Waals surface area contributed by atoms with Crippen molar-refractivity contribution in [3.8, 4) is 5.75 Å². The number of nitrogens with one attached hydrogen (secondary N) is 1. The zero-order valence-corrected chi connectivity index (χ0v) is 11.4. The smallest absolute Gasteiger partial charge is 0.232 e. The monoisotopic (exact) mass is 291 g/mol. The van der Waals surface area contributed by atoms with Crippen LogP contribution in [0.4, 0.5) is 17.1 Å². The molecule has 0 fully saturated rings. The van der Waals surface area contributed by atoms with Crippen molar-refractivity contribution >= 4 is 17.1 Å². The van der Waals surface area contributed by atoms with E-state index in [-0.39, 0.29) is 11.0 Å². The van der Waals surface area contributed by atoms with Crippen molar-refractivity contribution in [3.05, 3.63) is 76.2 Å². The number of nitrogens with zero attached hydrogens (tertiary/aromatic N) is 3. The standard InChI is InChI=1S/C16H12N4O2/c21-15-13(19-17-11-7-3-1-4-8-11)16(22)14(15)20-18-12-9-5-2-6-10-12/h1-10,17,21H/p-1/b19-13-,20-18?. The van der Waals surface area contributed by atoms with Gasteiger partial charge in [-0.05, 0) is 30.0 Å². The molecule has 0 saturated heterocycles. The summed E-state index contributed by atoms with van der Waals surface area (Å²) in [6.07, 6.45) is 0.